The van der Waals surface area contributed by atoms with E-state index in [2.05, 4.69) is 20.4 Å². The molecule has 0 aliphatic rings. The second-order valence-electron chi connectivity index (χ2n) is 6.39. The zero-order chi connectivity index (χ0) is 19.3. The molecule has 0 spiro atoms. The van der Waals surface area contributed by atoms with Gasteiger partial charge in [-0.2, -0.15) is 5.10 Å². The molecule has 4 aromatic rings. The van der Waals surface area contributed by atoms with Crippen LogP contribution in [0.5, 0.6) is 0 Å². The summed E-state index contributed by atoms with van der Waals surface area (Å²) in [4.78, 5) is 22.0. The summed E-state index contributed by atoms with van der Waals surface area (Å²) in [5, 5.41) is 9.18. The average molecular weight is 395 g/mol. The first-order valence-corrected chi connectivity index (χ1v) is 9.77. The Kier molecular flexibility index (Phi) is 5.38. The molecular formula is C20H18FN5OS. The van der Waals surface area contributed by atoms with Crippen molar-refractivity contribution < 1.29 is 9.18 Å². The van der Waals surface area contributed by atoms with E-state index in [0.29, 0.717) is 19.4 Å². The van der Waals surface area contributed by atoms with Gasteiger partial charge in [0.25, 0.3) is 0 Å². The van der Waals surface area contributed by atoms with Crippen LogP contribution >= 0.6 is 11.3 Å². The first-order valence-electron chi connectivity index (χ1n) is 8.89. The van der Waals surface area contributed by atoms with Crippen LogP contribution in [-0.4, -0.2) is 32.0 Å². The molecule has 1 unspecified atom stereocenters. The van der Waals surface area contributed by atoms with Crippen molar-refractivity contribution >= 4 is 22.2 Å². The van der Waals surface area contributed by atoms with E-state index in [1.165, 1.54) is 29.8 Å². The summed E-state index contributed by atoms with van der Waals surface area (Å²) < 4.78 is 15.1. The number of rotatable bonds is 7. The maximum Gasteiger partial charge on any atom is 0.227 e. The topological polar surface area (TPSA) is 72.2 Å². The fourth-order valence-corrected chi connectivity index (χ4v) is 3.92. The van der Waals surface area contributed by atoms with Gasteiger partial charge < -0.3 is 5.32 Å². The standard InChI is InChI=1S/C20H18FN5OS/c21-16-5-3-15(4-6-16)18(10-14-2-1-8-22-11-14)19(27)23-9-7-17-12-28-20-24-13-25-26(17)20/h1-6,8,11-13,18H,7,9-10H2,(H,23,27). The Bertz CT molecular complexity index is 1060. The number of hydrogen-bond acceptors (Lipinski definition) is 5. The number of carbonyl (C=O) groups excluding carboxylic acids is 1. The van der Waals surface area contributed by atoms with Crippen molar-refractivity contribution in [3.8, 4) is 0 Å². The molecule has 8 heteroatoms. The number of amides is 1. The number of nitrogens with one attached hydrogen (secondary N) is 1. The van der Waals surface area contributed by atoms with E-state index in [4.69, 9.17) is 0 Å². The maximum absolute atomic E-state index is 13.3. The van der Waals surface area contributed by atoms with E-state index >= 15 is 0 Å². The first kappa shape index (κ1) is 18.2. The average Bonchev–Trinajstić information content (AvgIpc) is 3.32. The van der Waals surface area contributed by atoms with Crippen LogP contribution in [0.4, 0.5) is 4.39 Å². The van der Waals surface area contributed by atoms with Crippen LogP contribution < -0.4 is 5.32 Å². The van der Waals surface area contributed by atoms with Crippen molar-refractivity contribution in [3.63, 3.8) is 0 Å². The predicted molar refractivity (Wildman–Crippen MR) is 105 cm³/mol. The number of hydrogen-bond donors (Lipinski definition) is 1. The Balaban J connectivity index is 1.46. The van der Waals surface area contributed by atoms with E-state index in [9.17, 15) is 9.18 Å². The van der Waals surface area contributed by atoms with Gasteiger partial charge in [-0.05, 0) is 35.7 Å². The van der Waals surface area contributed by atoms with Gasteiger partial charge in [-0.15, -0.1) is 11.3 Å². The Labute approximate surface area is 165 Å². The molecule has 3 heterocycles. The van der Waals surface area contributed by atoms with Crippen LogP contribution in [0.25, 0.3) is 4.96 Å². The second-order valence-corrected chi connectivity index (χ2v) is 7.23. The molecular weight excluding hydrogens is 377 g/mol. The molecule has 1 N–H and O–H groups in total. The minimum atomic E-state index is -0.418. The molecule has 0 aliphatic heterocycles. The van der Waals surface area contributed by atoms with Crippen molar-refractivity contribution in [2.24, 2.45) is 0 Å². The van der Waals surface area contributed by atoms with Crippen LogP contribution in [0.1, 0.15) is 22.7 Å². The smallest absolute Gasteiger partial charge is 0.227 e. The Hall–Kier alpha value is -3.13. The van der Waals surface area contributed by atoms with Gasteiger partial charge in [0.15, 0.2) is 0 Å². The van der Waals surface area contributed by atoms with Crippen molar-refractivity contribution in [1.82, 2.24) is 24.9 Å². The third-order valence-electron chi connectivity index (χ3n) is 4.52. The molecule has 0 bridgehead atoms. The van der Waals surface area contributed by atoms with E-state index in [1.807, 2.05) is 17.5 Å². The van der Waals surface area contributed by atoms with Gasteiger partial charge in [-0.3, -0.25) is 9.78 Å². The molecule has 0 radical (unpaired) electrons. The minimum Gasteiger partial charge on any atom is -0.355 e. The SMILES string of the molecule is O=C(NCCc1csc2ncnn12)C(Cc1cccnc1)c1ccc(F)cc1. The number of benzene rings is 1. The van der Waals surface area contributed by atoms with Crippen molar-refractivity contribution in [1.29, 1.82) is 0 Å². The third-order valence-corrected chi connectivity index (χ3v) is 5.40. The van der Waals surface area contributed by atoms with Crippen LogP contribution in [0, 0.1) is 5.82 Å². The Morgan fingerprint density at radius 1 is 1.25 bits per heavy atom. The van der Waals surface area contributed by atoms with E-state index < -0.39 is 5.92 Å². The number of pyridine rings is 1. The van der Waals surface area contributed by atoms with Gasteiger partial charge >= 0.3 is 0 Å². The number of fused-ring (bicyclic) bond motifs is 1. The summed E-state index contributed by atoms with van der Waals surface area (Å²) in [6, 6.07) is 9.86. The highest BCUT2D eigenvalue weighted by atomic mass is 32.1. The highest BCUT2D eigenvalue weighted by Gasteiger charge is 2.21. The first-order chi connectivity index (χ1) is 13.7. The van der Waals surface area contributed by atoms with Gasteiger partial charge in [0.2, 0.25) is 10.9 Å². The molecule has 0 saturated heterocycles. The molecule has 0 aliphatic carbocycles. The second kappa shape index (κ2) is 8.26. The van der Waals surface area contributed by atoms with E-state index in [1.54, 1.807) is 29.0 Å². The van der Waals surface area contributed by atoms with E-state index in [0.717, 1.165) is 21.8 Å². The zero-order valence-corrected chi connectivity index (χ0v) is 15.8. The van der Waals surface area contributed by atoms with Gasteiger partial charge in [0, 0.05) is 30.7 Å². The fourth-order valence-electron chi connectivity index (χ4n) is 3.09. The molecule has 1 aromatic carbocycles. The van der Waals surface area contributed by atoms with Crippen LogP contribution in [0.15, 0.2) is 60.5 Å². The number of halogens is 1. The lowest BCUT2D eigenvalue weighted by atomic mass is 9.91. The van der Waals surface area contributed by atoms with Crippen molar-refractivity contribution in [2.75, 3.05) is 6.54 Å². The molecule has 0 saturated carbocycles. The summed E-state index contributed by atoms with van der Waals surface area (Å²) in [5.41, 5.74) is 2.73. The summed E-state index contributed by atoms with van der Waals surface area (Å²) in [7, 11) is 0. The maximum atomic E-state index is 13.3. The number of nitrogens with zero attached hydrogens (tertiary/aromatic N) is 4. The third kappa shape index (κ3) is 4.07. The summed E-state index contributed by atoms with van der Waals surface area (Å²) in [6.45, 7) is 0.481. The predicted octanol–water partition coefficient (Wildman–Crippen LogP) is 3.01. The largest absolute Gasteiger partial charge is 0.355 e. The van der Waals surface area contributed by atoms with Gasteiger partial charge in [0.05, 0.1) is 11.6 Å². The van der Waals surface area contributed by atoms with Crippen LogP contribution in [-0.2, 0) is 17.6 Å². The zero-order valence-electron chi connectivity index (χ0n) is 15.0. The van der Waals surface area contributed by atoms with Gasteiger partial charge in [0.1, 0.15) is 12.1 Å². The highest BCUT2D eigenvalue weighted by molar-refractivity contribution is 7.15. The molecule has 6 nitrogen and oxygen atoms in total. The van der Waals surface area contributed by atoms with Crippen LogP contribution in [0.2, 0.25) is 0 Å². The monoisotopic (exact) mass is 395 g/mol. The molecule has 28 heavy (non-hydrogen) atoms. The number of aromatic nitrogens is 4. The van der Waals surface area contributed by atoms with Crippen molar-refractivity contribution in [2.45, 2.75) is 18.8 Å². The summed E-state index contributed by atoms with van der Waals surface area (Å²) in [6.07, 6.45) is 6.11. The Morgan fingerprint density at radius 2 is 2.11 bits per heavy atom. The van der Waals surface area contributed by atoms with Gasteiger partial charge in [-0.25, -0.2) is 13.9 Å². The molecule has 1 amide bonds. The fraction of sp³-hybridized carbons (Fsp3) is 0.200. The summed E-state index contributed by atoms with van der Waals surface area (Å²) in [5.74, 6) is -0.835. The van der Waals surface area contributed by atoms with Gasteiger partial charge in [-0.1, -0.05) is 18.2 Å². The normalized spacial score (nSPS) is 12.2. The molecule has 0 fully saturated rings. The number of carbonyl (C=O) groups is 1. The molecule has 142 valence electrons. The number of thiazole rings is 1. The van der Waals surface area contributed by atoms with Crippen molar-refractivity contribution in [3.05, 3.63) is 83.1 Å². The molecule has 4 rings (SSSR count). The highest BCUT2D eigenvalue weighted by Crippen LogP contribution is 2.22. The van der Waals surface area contributed by atoms with Crippen LogP contribution in [0.3, 0.4) is 0 Å². The Morgan fingerprint density at radius 3 is 2.89 bits per heavy atom. The molecule has 3 aromatic heterocycles. The summed E-state index contributed by atoms with van der Waals surface area (Å²) >= 11 is 1.52. The lowest BCUT2D eigenvalue weighted by molar-refractivity contribution is -0.122. The lowest BCUT2D eigenvalue weighted by Gasteiger charge is -2.17. The lowest BCUT2D eigenvalue weighted by Crippen LogP contribution is -2.32. The quantitative estimate of drug-likeness (QED) is 0.522. The minimum absolute atomic E-state index is 0.0967. The molecule has 1 atom stereocenters. The van der Waals surface area contributed by atoms with E-state index in [-0.39, 0.29) is 11.7 Å².